The number of hydrogen-bond donors (Lipinski definition) is 2. The third kappa shape index (κ3) is 3.94. The summed E-state index contributed by atoms with van der Waals surface area (Å²) in [5.41, 5.74) is 6.68. The Morgan fingerprint density at radius 3 is 2.66 bits per heavy atom. The van der Waals surface area contributed by atoms with Gasteiger partial charge < -0.3 is 15.8 Å². The zero-order valence-corrected chi connectivity index (χ0v) is 16.1. The summed E-state index contributed by atoms with van der Waals surface area (Å²) in [4.78, 5) is 38.9. The van der Waals surface area contributed by atoms with Crippen molar-refractivity contribution in [1.82, 2.24) is 4.90 Å². The topological polar surface area (TPSA) is 102 Å². The van der Waals surface area contributed by atoms with Crippen LogP contribution in [0.4, 0.5) is 15.8 Å². The van der Waals surface area contributed by atoms with Crippen LogP contribution in [0, 0.1) is 5.82 Å². The van der Waals surface area contributed by atoms with Crippen molar-refractivity contribution in [3.63, 3.8) is 0 Å². The van der Waals surface area contributed by atoms with Crippen LogP contribution in [-0.4, -0.2) is 41.9 Å². The van der Waals surface area contributed by atoms with Gasteiger partial charge in [0.15, 0.2) is 0 Å². The normalized spacial score (nSPS) is 17.8. The van der Waals surface area contributed by atoms with E-state index in [2.05, 4.69) is 5.32 Å². The van der Waals surface area contributed by atoms with Gasteiger partial charge in [0.2, 0.25) is 0 Å². The van der Waals surface area contributed by atoms with Crippen molar-refractivity contribution in [3.8, 4) is 0 Å². The minimum Gasteiger partial charge on any atom is -0.397 e. The second-order valence-electron chi connectivity index (χ2n) is 6.80. The molecule has 2 aromatic carbocycles. The predicted octanol–water partition coefficient (Wildman–Crippen LogP) is 2.86. The number of carbonyl (C=O) groups is 3. The minimum atomic E-state index is -0.557. The van der Waals surface area contributed by atoms with Crippen LogP contribution >= 0.6 is 12.4 Å². The van der Waals surface area contributed by atoms with Gasteiger partial charge in [-0.05, 0) is 49.2 Å². The number of nitrogens with one attached hydrogen (secondary N) is 1. The van der Waals surface area contributed by atoms with E-state index in [1.54, 1.807) is 0 Å². The van der Waals surface area contributed by atoms with E-state index in [1.807, 2.05) is 0 Å². The summed E-state index contributed by atoms with van der Waals surface area (Å²) in [5.74, 6) is -1.94. The van der Waals surface area contributed by atoms with Gasteiger partial charge in [-0.2, -0.15) is 0 Å². The molecule has 1 atom stereocenters. The zero-order chi connectivity index (χ0) is 19.8. The zero-order valence-electron chi connectivity index (χ0n) is 15.3. The van der Waals surface area contributed by atoms with Crippen molar-refractivity contribution in [1.29, 1.82) is 0 Å². The van der Waals surface area contributed by atoms with Gasteiger partial charge in [-0.3, -0.25) is 19.3 Å². The Morgan fingerprint density at radius 1 is 1.17 bits per heavy atom. The SMILES string of the molecule is Cl.Nc1ccc(F)cc1NC(=O)c1ccc2c(c1)C(=O)N(CC1CCCO1)C2=O. The van der Waals surface area contributed by atoms with Crippen molar-refractivity contribution in [2.24, 2.45) is 0 Å². The van der Waals surface area contributed by atoms with Crippen molar-refractivity contribution in [2.45, 2.75) is 18.9 Å². The monoisotopic (exact) mass is 419 g/mol. The van der Waals surface area contributed by atoms with E-state index in [1.165, 1.54) is 30.3 Å². The van der Waals surface area contributed by atoms with Crippen LogP contribution in [0.3, 0.4) is 0 Å². The van der Waals surface area contributed by atoms with Gasteiger partial charge in [-0.25, -0.2) is 4.39 Å². The van der Waals surface area contributed by atoms with Crippen LogP contribution in [0.2, 0.25) is 0 Å². The molecule has 0 spiro atoms. The van der Waals surface area contributed by atoms with Gasteiger partial charge >= 0.3 is 0 Å². The summed E-state index contributed by atoms with van der Waals surface area (Å²) in [6.07, 6.45) is 1.55. The Labute approximate surface area is 172 Å². The number of hydrogen-bond acceptors (Lipinski definition) is 5. The Hall–Kier alpha value is -2.97. The van der Waals surface area contributed by atoms with Gasteiger partial charge in [0.05, 0.1) is 35.2 Å². The molecule has 0 bridgehead atoms. The highest BCUT2D eigenvalue weighted by atomic mass is 35.5. The summed E-state index contributed by atoms with van der Waals surface area (Å²) in [7, 11) is 0. The van der Waals surface area contributed by atoms with Crippen LogP contribution in [0.15, 0.2) is 36.4 Å². The molecule has 0 saturated carbocycles. The maximum atomic E-state index is 13.4. The van der Waals surface area contributed by atoms with Gasteiger partial charge in [-0.15, -0.1) is 12.4 Å². The number of nitrogens with zero attached hydrogens (tertiary/aromatic N) is 1. The molecule has 0 radical (unpaired) electrons. The van der Waals surface area contributed by atoms with Crippen molar-refractivity contribution in [2.75, 3.05) is 24.2 Å². The second kappa shape index (κ2) is 8.18. The largest absolute Gasteiger partial charge is 0.397 e. The highest BCUT2D eigenvalue weighted by Gasteiger charge is 2.37. The molecule has 3 amide bonds. The van der Waals surface area contributed by atoms with Crippen molar-refractivity contribution in [3.05, 3.63) is 58.9 Å². The molecule has 2 heterocycles. The Kier molecular flexibility index (Phi) is 5.86. The number of nitrogens with two attached hydrogens (primary N) is 1. The third-order valence-corrected chi connectivity index (χ3v) is 4.91. The lowest BCUT2D eigenvalue weighted by atomic mass is 10.1. The van der Waals surface area contributed by atoms with Crippen LogP contribution in [0.5, 0.6) is 0 Å². The minimum absolute atomic E-state index is 0. The Balaban J connectivity index is 0.00000240. The van der Waals surface area contributed by atoms with Crippen LogP contribution in [-0.2, 0) is 4.74 Å². The summed E-state index contributed by atoms with van der Waals surface area (Å²) >= 11 is 0. The number of imide groups is 1. The van der Waals surface area contributed by atoms with Crippen LogP contribution in [0.1, 0.15) is 43.9 Å². The fourth-order valence-corrected chi connectivity index (χ4v) is 3.42. The van der Waals surface area contributed by atoms with E-state index in [0.29, 0.717) is 6.61 Å². The molecule has 2 aromatic rings. The molecule has 3 N–H and O–H groups in total. The molecule has 2 aliphatic heterocycles. The van der Waals surface area contributed by atoms with Crippen LogP contribution < -0.4 is 11.1 Å². The summed E-state index contributed by atoms with van der Waals surface area (Å²) in [6, 6.07) is 7.92. The predicted molar refractivity (Wildman–Crippen MR) is 107 cm³/mol. The number of carbonyl (C=O) groups excluding carboxylic acids is 3. The Bertz CT molecular complexity index is 992. The maximum absolute atomic E-state index is 13.4. The number of amides is 3. The molecule has 1 saturated heterocycles. The summed E-state index contributed by atoms with van der Waals surface area (Å²) < 4.78 is 18.9. The molecule has 2 aliphatic rings. The van der Waals surface area contributed by atoms with E-state index in [-0.39, 0.29) is 53.1 Å². The third-order valence-electron chi connectivity index (χ3n) is 4.91. The Morgan fingerprint density at radius 2 is 1.93 bits per heavy atom. The molecule has 9 heteroatoms. The van der Waals surface area contributed by atoms with Crippen LogP contribution in [0.25, 0.3) is 0 Å². The van der Waals surface area contributed by atoms with Gasteiger partial charge in [0.1, 0.15) is 5.82 Å². The number of ether oxygens (including phenoxy) is 1. The molecule has 1 fully saturated rings. The average molecular weight is 420 g/mol. The first-order valence-electron chi connectivity index (χ1n) is 8.92. The second-order valence-corrected chi connectivity index (χ2v) is 6.80. The maximum Gasteiger partial charge on any atom is 0.261 e. The molecule has 29 heavy (non-hydrogen) atoms. The number of benzene rings is 2. The van der Waals surface area contributed by atoms with E-state index in [4.69, 9.17) is 10.5 Å². The molecule has 4 rings (SSSR count). The van der Waals surface area contributed by atoms with E-state index < -0.39 is 23.5 Å². The molecular formula is C20H19ClFN3O4. The standard InChI is InChI=1S/C20H18FN3O4.ClH/c21-12-4-6-16(22)17(9-12)23-18(25)11-3-5-14-15(8-11)20(27)24(19(14)26)10-13-2-1-7-28-13;/h3-6,8-9,13H,1-2,7,10,22H2,(H,23,25);1H. The highest BCUT2D eigenvalue weighted by Crippen LogP contribution is 2.27. The lowest BCUT2D eigenvalue weighted by Crippen LogP contribution is -2.36. The van der Waals surface area contributed by atoms with Crippen molar-refractivity contribution < 1.29 is 23.5 Å². The lowest BCUT2D eigenvalue weighted by Gasteiger charge is -2.17. The first-order valence-corrected chi connectivity index (χ1v) is 8.92. The first kappa shape index (κ1) is 20.8. The van der Waals surface area contributed by atoms with E-state index in [9.17, 15) is 18.8 Å². The molecule has 1 unspecified atom stereocenters. The van der Waals surface area contributed by atoms with Crippen molar-refractivity contribution >= 4 is 41.5 Å². The van der Waals surface area contributed by atoms with E-state index >= 15 is 0 Å². The van der Waals surface area contributed by atoms with Gasteiger partial charge in [0.25, 0.3) is 17.7 Å². The van der Waals surface area contributed by atoms with Gasteiger partial charge in [-0.1, -0.05) is 0 Å². The quantitative estimate of drug-likeness (QED) is 0.586. The number of rotatable bonds is 4. The molecular weight excluding hydrogens is 401 g/mol. The van der Waals surface area contributed by atoms with E-state index in [0.717, 1.165) is 23.8 Å². The summed E-state index contributed by atoms with van der Waals surface area (Å²) in [6.45, 7) is 0.828. The molecule has 0 aromatic heterocycles. The number of nitrogen functional groups attached to an aromatic ring is 1. The fraction of sp³-hybridized carbons (Fsp3) is 0.250. The van der Waals surface area contributed by atoms with Gasteiger partial charge in [0, 0.05) is 12.2 Å². The molecule has 152 valence electrons. The number of halogens is 2. The molecule has 7 nitrogen and oxygen atoms in total. The molecule has 0 aliphatic carbocycles. The first-order chi connectivity index (χ1) is 13.4. The lowest BCUT2D eigenvalue weighted by molar-refractivity contribution is 0.0475. The highest BCUT2D eigenvalue weighted by molar-refractivity contribution is 6.22. The fourth-order valence-electron chi connectivity index (χ4n) is 3.42. The number of fused-ring (bicyclic) bond motifs is 1. The average Bonchev–Trinajstić information content (AvgIpc) is 3.27. The summed E-state index contributed by atoms with van der Waals surface area (Å²) in [5, 5.41) is 2.52. The number of anilines is 2. The smallest absolute Gasteiger partial charge is 0.261 e.